The molecule has 0 amide bonds. The second-order valence-electron chi connectivity index (χ2n) is 17.3. The number of rotatable bonds is 48. The Kier molecular flexibility index (Phi) is 47.6. The third-order valence-electron chi connectivity index (χ3n) is 10.8. The highest BCUT2D eigenvalue weighted by Crippen LogP contribution is 2.43. The van der Waals surface area contributed by atoms with E-state index in [9.17, 15) is 28.9 Å². The molecular weight excluding hydrogens is 880 g/mol. The Hall–Kier alpha value is -3.34. The van der Waals surface area contributed by atoms with Crippen molar-refractivity contribution in [3.63, 3.8) is 0 Å². The van der Waals surface area contributed by atoms with Gasteiger partial charge in [0, 0.05) is 19.3 Å². The third-order valence-corrected chi connectivity index (χ3v) is 11.7. The van der Waals surface area contributed by atoms with E-state index in [1.807, 2.05) is 0 Å². The van der Waals surface area contributed by atoms with Crippen molar-refractivity contribution >= 4 is 25.7 Å². The summed E-state index contributed by atoms with van der Waals surface area (Å²) in [5.41, 5.74) is 0. The molecule has 390 valence electrons. The number of aliphatic hydroxyl groups is 1. The Morgan fingerprint density at radius 2 is 0.794 bits per heavy atom. The minimum Gasteiger partial charge on any atom is -0.462 e. The van der Waals surface area contributed by atoms with Crippen molar-refractivity contribution < 1.29 is 52.2 Å². The Labute approximate surface area is 413 Å². The number of phosphoric acid groups is 1. The SMILES string of the molecule is CC/C=C\C/C=C\C/C=C\C/C=C\CCCCCCC(=O)OC(COC(=O)CCCCCCC/C=C\C/C=C\CCC)COP(=O)(O)OCC(CO)OC(=O)CCCCCCC/C=C\CCCC. The number of hydrogen-bond donors (Lipinski definition) is 2. The first-order chi connectivity index (χ1) is 33.2. The van der Waals surface area contributed by atoms with Gasteiger partial charge >= 0.3 is 25.7 Å². The van der Waals surface area contributed by atoms with Crippen molar-refractivity contribution in [3.05, 3.63) is 85.1 Å². The van der Waals surface area contributed by atoms with Crippen LogP contribution in [0.3, 0.4) is 0 Å². The summed E-state index contributed by atoms with van der Waals surface area (Å²) < 4.78 is 39.3. The zero-order valence-corrected chi connectivity index (χ0v) is 43.7. The molecule has 0 saturated heterocycles. The molecule has 0 rings (SSSR count). The normalized spacial score (nSPS) is 14.1. The maximum atomic E-state index is 12.9. The molecule has 0 aliphatic rings. The number of allylic oxidation sites excluding steroid dienone is 14. The number of esters is 3. The number of carbonyl (C=O) groups is 3. The number of ether oxygens (including phenoxy) is 3. The first-order valence-electron chi connectivity index (χ1n) is 26.5. The molecule has 0 aromatic rings. The van der Waals surface area contributed by atoms with Crippen LogP contribution in [0.1, 0.15) is 213 Å². The van der Waals surface area contributed by atoms with Crippen LogP contribution in [0, 0.1) is 0 Å². The molecule has 3 atom stereocenters. The fourth-order valence-corrected chi connectivity index (χ4v) is 7.50. The summed E-state index contributed by atoms with van der Waals surface area (Å²) in [7, 11) is -4.76. The molecule has 0 heterocycles. The molecule has 0 aromatic carbocycles. The molecule has 0 bridgehead atoms. The lowest BCUT2D eigenvalue weighted by molar-refractivity contribution is -0.161. The molecule has 0 spiro atoms. The van der Waals surface area contributed by atoms with Crippen LogP contribution >= 0.6 is 7.82 Å². The van der Waals surface area contributed by atoms with Gasteiger partial charge in [-0.25, -0.2) is 4.57 Å². The van der Waals surface area contributed by atoms with E-state index >= 15 is 0 Å². The van der Waals surface area contributed by atoms with Crippen molar-refractivity contribution in [3.8, 4) is 0 Å². The van der Waals surface area contributed by atoms with Crippen LogP contribution in [-0.2, 0) is 42.2 Å². The number of carbonyl (C=O) groups excluding carboxylic acids is 3. The van der Waals surface area contributed by atoms with Crippen LogP contribution in [0.5, 0.6) is 0 Å². The second-order valence-corrected chi connectivity index (χ2v) is 18.8. The minimum absolute atomic E-state index is 0.133. The molecule has 0 fully saturated rings. The molecule has 0 aliphatic carbocycles. The molecule has 0 aromatic heterocycles. The van der Waals surface area contributed by atoms with Crippen molar-refractivity contribution in [2.75, 3.05) is 26.4 Å². The second kappa shape index (κ2) is 50.1. The quantitative estimate of drug-likeness (QED) is 0.0197. The van der Waals surface area contributed by atoms with Gasteiger partial charge in [-0.2, -0.15) is 0 Å². The van der Waals surface area contributed by atoms with Gasteiger partial charge in [-0.1, -0.05) is 176 Å². The summed E-state index contributed by atoms with van der Waals surface area (Å²) >= 11 is 0. The fraction of sp³-hybridized carbons (Fsp3) is 0.696. The van der Waals surface area contributed by atoms with Gasteiger partial charge in [0.2, 0.25) is 0 Å². The Morgan fingerprint density at radius 3 is 1.25 bits per heavy atom. The van der Waals surface area contributed by atoms with Gasteiger partial charge in [0.15, 0.2) is 6.10 Å². The maximum Gasteiger partial charge on any atom is 0.472 e. The minimum atomic E-state index is -4.76. The average Bonchev–Trinajstić information content (AvgIpc) is 3.32. The smallest absolute Gasteiger partial charge is 0.462 e. The number of unbranched alkanes of at least 4 members (excludes halogenated alkanes) is 17. The van der Waals surface area contributed by atoms with E-state index in [1.165, 1.54) is 19.3 Å². The number of hydrogen-bond acceptors (Lipinski definition) is 10. The molecule has 0 radical (unpaired) electrons. The summed E-state index contributed by atoms with van der Waals surface area (Å²) in [6, 6.07) is 0. The van der Waals surface area contributed by atoms with Gasteiger partial charge in [-0.3, -0.25) is 23.4 Å². The van der Waals surface area contributed by atoms with E-state index in [2.05, 4.69) is 106 Å². The van der Waals surface area contributed by atoms with Crippen molar-refractivity contribution in [2.24, 2.45) is 0 Å². The van der Waals surface area contributed by atoms with E-state index in [0.717, 1.165) is 135 Å². The first kappa shape index (κ1) is 64.7. The molecule has 11 nitrogen and oxygen atoms in total. The largest absolute Gasteiger partial charge is 0.472 e. The predicted molar refractivity (Wildman–Crippen MR) is 279 cm³/mol. The summed E-state index contributed by atoms with van der Waals surface area (Å²) in [5.74, 6) is -1.53. The first-order valence-corrected chi connectivity index (χ1v) is 28.0. The Bertz CT molecular complexity index is 1460. The molecule has 12 heteroatoms. The van der Waals surface area contributed by atoms with Gasteiger partial charge in [0.05, 0.1) is 19.8 Å². The molecule has 68 heavy (non-hydrogen) atoms. The summed E-state index contributed by atoms with van der Waals surface area (Å²) in [5, 5.41) is 9.77. The van der Waals surface area contributed by atoms with E-state index in [-0.39, 0.29) is 25.9 Å². The maximum absolute atomic E-state index is 12.9. The van der Waals surface area contributed by atoms with E-state index in [0.29, 0.717) is 19.3 Å². The van der Waals surface area contributed by atoms with Crippen molar-refractivity contribution in [2.45, 2.75) is 226 Å². The van der Waals surface area contributed by atoms with Crippen LogP contribution in [0.15, 0.2) is 85.1 Å². The molecular formula is C56H95O11P. The summed E-state index contributed by atoms with van der Waals surface area (Å²) in [4.78, 5) is 48.3. The van der Waals surface area contributed by atoms with Crippen LogP contribution in [0.4, 0.5) is 0 Å². The summed E-state index contributed by atoms with van der Waals surface area (Å²) in [6.45, 7) is 4.35. The molecule has 3 unspecified atom stereocenters. The van der Waals surface area contributed by atoms with Gasteiger partial charge in [0.1, 0.15) is 12.7 Å². The number of phosphoric ester groups is 1. The number of aliphatic hydroxyl groups excluding tert-OH is 1. The highest BCUT2D eigenvalue weighted by molar-refractivity contribution is 7.47. The van der Waals surface area contributed by atoms with Gasteiger partial charge in [0.25, 0.3) is 0 Å². The van der Waals surface area contributed by atoms with Gasteiger partial charge < -0.3 is 24.2 Å². The zero-order valence-electron chi connectivity index (χ0n) is 42.8. The zero-order chi connectivity index (χ0) is 49.9. The predicted octanol–water partition coefficient (Wildman–Crippen LogP) is 15.1. The third kappa shape index (κ3) is 47.7. The van der Waals surface area contributed by atoms with Crippen molar-refractivity contribution in [1.82, 2.24) is 0 Å². The monoisotopic (exact) mass is 975 g/mol. The lowest BCUT2D eigenvalue weighted by Gasteiger charge is -2.21. The van der Waals surface area contributed by atoms with Gasteiger partial charge in [-0.15, -0.1) is 0 Å². The summed E-state index contributed by atoms with van der Waals surface area (Å²) in [6.07, 6.45) is 55.5. The lowest BCUT2D eigenvalue weighted by Crippen LogP contribution is -2.30. The van der Waals surface area contributed by atoms with E-state index in [1.54, 1.807) is 0 Å². The van der Waals surface area contributed by atoms with Crippen molar-refractivity contribution in [1.29, 1.82) is 0 Å². The average molecular weight is 975 g/mol. The van der Waals surface area contributed by atoms with Crippen LogP contribution < -0.4 is 0 Å². The van der Waals surface area contributed by atoms with E-state index in [4.69, 9.17) is 23.3 Å². The molecule has 0 saturated carbocycles. The lowest BCUT2D eigenvalue weighted by atomic mass is 10.1. The topological polar surface area (TPSA) is 155 Å². The molecule has 0 aliphatic heterocycles. The highest BCUT2D eigenvalue weighted by Gasteiger charge is 2.28. The van der Waals surface area contributed by atoms with Gasteiger partial charge in [-0.05, 0) is 103 Å². The Balaban J connectivity index is 4.82. The Morgan fingerprint density at radius 1 is 0.426 bits per heavy atom. The highest BCUT2D eigenvalue weighted by atomic mass is 31.2. The molecule has 2 N–H and O–H groups in total. The standard InChI is InChI=1S/C56H95O11P/c1-4-7-10-13-16-19-22-24-25-26-27-29-32-35-38-41-44-47-56(60)67-53(49-63-54(58)45-42-39-36-33-31-28-23-20-17-14-11-8-5-2)51-65-68(61,62)64-50-52(48-57)66-55(59)46-43-40-37-34-30-21-18-15-12-9-6-3/h7,10-11,14-16,18-20,23-25,27,29,52-53,57H,4-6,8-9,12-13,17,21-22,26,28,30-51H2,1-3H3,(H,61,62)/b10-7-,14-11-,18-15-,19-16-,23-20-,25-24-,29-27-. The van der Waals surface area contributed by atoms with Crippen LogP contribution in [0.2, 0.25) is 0 Å². The van der Waals surface area contributed by atoms with Crippen LogP contribution in [-0.4, -0.2) is 66.5 Å². The fourth-order valence-electron chi connectivity index (χ4n) is 6.72. The van der Waals surface area contributed by atoms with E-state index < -0.39 is 57.8 Å². The van der Waals surface area contributed by atoms with Crippen LogP contribution in [0.25, 0.3) is 0 Å².